The second-order valence-corrected chi connectivity index (χ2v) is 6.12. The van der Waals surface area contributed by atoms with Gasteiger partial charge in [0.25, 0.3) is 0 Å². The van der Waals surface area contributed by atoms with Crippen molar-refractivity contribution in [2.75, 3.05) is 5.73 Å². The Bertz CT molecular complexity index is 636. The molecule has 0 saturated heterocycles. The zero-order valence-electron chi connectivity index (χ0n) is 12.8. The van der Waals surface area contributed by atoms with Gasteiger partial charge in [-0.25, -0.2) is 0 Å². The molecule has 0 radical (unpaired) electrons. The molecule has 1 heterocycles. The van der Waals surface area contributed by atoms with E-state index in [2.05, 4.69) is 31.0 Å². The predicted molar refractivity (Wildman–Crippen MR) is 83.1 cm³/mol. The van der Waals surface area contributed by atoms with Crippen LogP contribution in [0.25, 0.3) is 11.3 Å². The summed E-state index contributed by atoms with van der Waals surface area (Å²) in [6.45, 7) is 8.25. The summed E-state index contributed by atoms with van der Waals surface area (Å²) < 4.78 is 5.90. The molecule has 0 aliphatic heterocycles. The average molecular weight is 287 g/mol. The number of anilines is 1. The molecule has 21 heavy (non-hydrogen) atoms. The summed E-state index contributed by atoms with van der Waals surface area (Å²) in [6.07, 6.45) is -0.0405. The number of hydrogen-bond acceptors (Lipinski definition) is 5. The summed E-state index contributed by atoms with van der Waals surface area (Å²) in [4.78, 5) is 0. The SMILES string of the molecule is CC(Oc1cc(-c2ccccc2O)nnc1N)C(C)(C)C. The van der Waals surface area contributed by atoms with E-state index in [9.17, 15) is 5.11 Å². The summed E-state index contributed by atoms with van der Waals surface area (Å²) in [5.41, 5.74) is 6.93. The lowest BCUT2D eigenvalue weighted by Gasteiger charge is -2.28. The van der Waals surface area contributed by atoms with Crippen molar-refractivity contribution < 1.29 is 9.84 Å². The quantitative estimate of drug-likeness (QED) is 0.905. The number of hydrogen-bond donors (Lipinski definition) is 2. The second-order valence-electron chi connectivity index (χ2n) is 6.12. The Hall–Kier alpha value is -2.30. The number of ether oxygens (including phenoxy) is 1. The van der Waals surface area contributed by atoms with E-state index < -0.39 is 0 Å². The van der Waals surface area contributed by atoms with Crippen molar-refractivity contribution >= 4 is 5.82 Å². The van der Waals surface area contributed by atoms with E-state index >= 15 is 0 Å². The van der Waals surface area contributed by atoms with Crippen LogP contribution in [0.4, 0.5) is 5.82 Å². The van der Waals surface area contributed by atoms with Crippen molar-refractivity contribution in [2.24, 2.45) is 5.41 Å². The topological polar surface area (TPSA) is 81.3 Å². The van der Waals surface area contributed by atoms with Gasteiger partial charge in [-0.3, -0.25) is 0 Å². The molecule has 2 aromatic rings. The van der Waals surface area contributed by atoms with Crippen molar-refractivity contribution in [2.45, 2.75) is 33.8 Å². The lowest BCUT2D eigenvalue weighted by atomic mass is 9.90. The maximum atomic E-state index is 9.90. The third kappa shape index (κ3) is 3.42. The maximum Gasteiger partial charge on any atom is 0.188 e. The monoisotopic (exact) mass is 287 g/mol. The molecule has 1 unspecified atom stereocenters. The number of phenols is 1. The van der Waals surface area contributed by atoms with Gasteiger partial charge < -0.3 is 15.6 Å². The van der Waals surface area contributed by atoms with Gasteiger partial charge in [0.05, 0.1) is 0 Å². The zero-order valence-corrected chi connectivity index (χ0v) is 12.8. The molecule has 1 aromatic carbocycles. The number of aromatic hydroxyl groups is 1. The molecule has 0 amide bonds. The number of nitrogens with two attached hydrogens (primary N) is 1. The Morgan fingerprint density at radius 1 is 1.19 bits per heavy atom. The molecule has 5 nitrogen and oxygen atoms in total. The normalized spacial score (nSPS) is 13.0. The minimum atomic E-state index is -0.0405. The minimum absolute atomic E-state index is 0.0231. The van der Waals surface area contributed by atoms with Crippen LogP contribution in [0.3, 0.4) is 0 Å². The lowest BCUT2D eigenvalue weighted by Crippen LogP contribution is -2.29. The third-order valence-corrected chi connectivity index (χ3v) is 3.49. The van der Waals surface area contributed by atoms with Crippen molar-refractivity contribution in [3.8, 4) is 22.8 Å². The Morgan fingerprint density at radius 2 is 1.86 bits per heavy atom. The van der Waals surface area contributed by atoms with Crippen molar-refractivity contribution in [3.63, 3.8) is 0 Å². The molecule has 2 rings (SSSR count). The minimum Gasteiger partial charge on any atom is -0.507 e. The van der Waals surface area contributed by atoms with Crippen LogP contribution in [0.1, 0.15) is 27.7 Å². The first-order valence-corrected chi connectivity index (χ1v) is 6.87. The molecule has 3 N–H and O–H groups in total. The lowest BCUT2D eigenvalue weighted by molar-refractivity contribution is 0.104. The Balaban J connectivity index is 2.36. The van der Waals surface area contributed by atoms with E-state index in [0.29, 0.717) is 17.0 Å². The highest BCUT2D eigenvalue weighted by atomic mass is 16.5. The van der Waals surface area contributed by atoms with Gasteiger partial charge in [0.1, 0.15) is 17.5 Å². The first kappa shape index (κ1) is 15.1. The first-order chi connectivity index (χ1) is 9.79. The van der Waals surface area contributed by atoms with Crippen LogP contribution in [-0.2, 0) is 0 Å². The van der Waals surface area contributed by atoms with Gasteiger partial charge in [0.15, 0.2) is 11.6 Å². The van der Waals surface area contributed by atoms with E-state index in [0.717, 1.165) is 0 Å². The molecule has 0 saturated carbocycles. The number of aromatic nitrogens is 2. The predicted octanol–water partition coefficient (Wildman–Crippen LogP) is 3.24. The van der Waals surface area contributed by atoms with Crippen LogP contribution in [0.2, 0.25) is 0 Å². The molecule has 112 valence electrons. The molecule has 0 spiro atoms. The van der Waals surface area contributed by atoms with E-state index in [-0.39, 0.29) is 23.1 Å². The fraction of sp³-hybridized carbons (Fsp3) is 0.375. The van der Waals surface area contributed by atoms with Gasteiger partial charge in [-0.1, -0.05) is 32.9 Å². The van der Waals surface area contributed by atoms with Crippen molar-refractivity contribution in [1.82, 2.24) is 10.2 Å². The van der Waals surface area contributed by atoms with Crippen LogP contribution in [0.5, 0.6) is 11.5 Å². The fourth-order valence-electron chi connectivity index (χ4n) is 1.67. The molecule has 0 fully saturated rings. The maximum absolute atomic E-state index is 9.90. The van der Waals surface area contributed by atoms with Crippen LogP contribution in [0, 0.1) is 5.41 Å². The highest BCUT2D eigenvalue weighted by molar-refractivity contribution is 5.68. The molecule has 0 bridgehead atoms. The van der Waals surface area contributed by atoms with Crippen LogP contribution in [0.15, 0.2) is 30.3 Å². The Morgan fingerprint density at radius 3 is 2.48 bits per heavy atom. The van der Waals surface area contributed by atoms with Gasteiger partial charge >= 0.3 is 0 Å². The average Bonchev–Trinajstić information content (AvgIpc) is 2.41. The number of nitrogen functional groups attached to an aromatic ring is 1. The molecule has 0 aliphatic carbocycles. The second kappa shape index (κ2) is 5.60. The third-order valence-electron chi connectivity index (χ3n) is 3.49. The summed E-state index contributed by atoms with van der Waals surface area (Å²) in [5.74, 6) is 0.863. The van der Waals surface area contributed by atoms with Crippen molar-refractivity contribution in [3.05, 3.63) is 30.3 Å². The highest BCUT2D eigenvalue weighted by Crippen LogP contribution is 2.32. The van der Waals surface area contributed by atoms with E-state index in [1.165, 1.54) is 0 Å². The largest absolute Gasteiger partial charge is 0.507 e. The van der Waals surface area contributed by atoms with E-state index in [4.69, 9.17) is 10.5 Å². The summed E-state index contributed by atoms with van der Waals surface area (Å²) in [5, 5.41) is 17.8. The zero-order chi connectivity index (χ0) is 15.6. The van der Waals surface area contributed by atoms with Gasteiger partial charge in [-0.05, 0) is 24.5 Å². The van der Waals surface area contributed by atoms with Gasteiger partial charge in [-0.15, -0.1) is 10.2 Å². The molecule has 5 heteroatoms. The fourth-order valence-corrected chi connectivity index (χ4v) is 1.67. The Labute approximate surface area is 124 Å². The smallest absolute Gasteiger partial charge is 0.188 e. The number of nitrogens with zero attached hydrogens (tertiary/aromatic N) is 2. The van der Waals surface area contributed by atoms with E-state index in [1.54, 1.807) is 24.3 Å². The van der Waals surface area contributed by atoms with Crippen LogP contribution >= 0.6 is 0 Å². The molecular formula is C16H21N3O2. The first-order valence-electron chi connectivity index (χ1n) is 6.87. The molecular weight excluding hydrogens is 266 g/mol. The Kier molecular flexibility index (Phi) is 4.02. The summed E-state index contributed by atoms with van der Waals surface area (Å²) in [7, 11) is 0. The number of phenolic OH excluding ortho intramolecular Hbond substituents is 1. The number of rotatable bonds is 3. The van der Waals surface area contributed by atoms with Crippen LogP contribution in [-0.4, -0.2) is 21.4 Å². The molecule has 1 atom stereocenters. The number of benzene rings is 1. The van der Waals surface area contributed by atoms with Gasteiger partial charge in [0.2, 0.25) is 0 Å². The van der Waals surface area contributed by atoms with E-state index in [1.807, 2.05) is 13.0 Å². The van der Waals surface area contributed by atoms with Crippen molar-refractivity contribution in [1.29, 1.82) is 0 Å². The summed E-state index contributed by atoms with van der Waals surface area (Å²) >= 11 is 0. The molecule has 0 aliphatic rings. The highest BCUT2D eigenvalue weighted by Gasteiger charge is 2.23. The standard InChI is InChI=1S/C16H21N3O2/c1-10(16(2,3)4)21-14-9-12(18-19-15(14)17)11-7-5-6-8-13(11)20/h5-10,20H,1-4H3,(H2,17,19). The van der Waals surface area contributed by atoms with Gasteiger partial charge in [0, 0.05) is 11.6 Å². The number of para-hydroxylation sites is 1. The van der Waals surface area contributed by atoms with Gasteiger partial charge in [-0.2, -0.15) is 0 Å². The van der Waals surface area contributed by atoms with Crippen LogP contribution < -0.4 is 10.5 Å². The molecule has 1 aromatic heterocycles. The summed E-state index contributed by atoms with van der Waals surface area (Å²) in [6, 6.07) is 8.66.